The Morgan fingerprint density at radius 3 is 2.58 bits per heavy atom. The second-order valence-corrected chi connectivity index (χ2v) is 9.32. The summed E-state index contributed by atoms with van der Waals surface area (Å²) in [5, 5.41) is 12.3. The van der Waals surface area contributed by atoms with Crippen LogP contribution in [0.3, 0.4) is 0 Å². The summed E-state index contributed by atoms with van der Waals surface area (Å²) in [4.78, 5) is 12.9. The van der Waals surface area contributed by atoms with Gasteiger partial charge in [0.1, 0.15) is 5.82 Å². The van der Waals surface area contributed by atoms with Gasteiger partial charge in [0.15, 0.2) is 10.1 Å². The fourth-order valence-corrected chi connectivity index (χ4v) is 5.03. The van der Waals surface area contributed by atoms with E-state index in [2.05, 4.69) is 15.5 Å². The monoisotopic (exact) mass is 452 g/mol. The number of aromatic nitrogens is 3. The van der Waals surface area contributed by atoms with Gasteiger partial charge in [-0.3, -0.25) is 4.79 Å². The van der Waals surface area contributed by atoms with Gasteiger partial charge in [0.2, 0.25) is 5.13 Å². The van der Waals surface area contributed by atoms with Crippen LogP contribution in [0.2, 0.25) is 0 Å². The highest BCUT2D eigenvalue weighted by Gasteiger charge is 2.18. The van der Waals surface area contributed by atoms with Crippen molar-refractivity contribution >= 4 is 39.7 Å². The molecule has 0 atom stereocenters. The van der Waals surface area contributed by atoms with Gasteiger partial charge in [-0.05, 0) is 62.7 Å². The van der Waals surface area contributed by atoms with Crippen molar-refractivity contribution in [2.75, 3.05) is 11.1 Å². The fraction of sp³-hybridized carbons (Fsp3) is 0.174. The van der Waals surface area contributed by atoms with Crippen LogP contribution >= 0.6 is 23.1 Å². The van der Waals surface area contributed by atoms with E-state index >= 15 is 0 Å². The van der Waals surface area contributed by atoms with Crippen molar-refractivity contribution in [1.29, 1.82) is 0 Å². The van der Waals surface area contributed by atoms with Gasteiger partial charge in [0.25, 0.3) is 0 Å². The fourth-order valence-electron chi connectivity index (χ4n) is 3.38. The Labute approximate surface area is 188 Å². The lowest BCUT2D eigenvalue weighted by Gasteiger charge is -2.09. The number of rotatable bonds is 7. The number of hydrogen-bond donors (Lipinski definition) is 1. The number of nitrogens with one attached hydrogen (secondary N) is 1. The number of thioether (sulfide) groups is 1. The molecule has 0 spiro atoms. The Morgan fingerprint density at radius 1 is 1.10 bits per heavy atom. The molecule has 0 saturated carbocycles. The van der Waals surface area contributed by atoms with Crippen molar-refractivity contribution in [2.24, 2.45) is 0 Å². The topological polar surface area (TPSA) is 59.8 Å². The highest BCUT2D eigenvalue weighted by Crippen LogP contribution is 2.30. The SMILES string of the molecule is Cc1ccccc1Nc1nnc(SCC(=O)c2cc(C)n(-c3ccc(F)cc3)c2C)s1. The summed E-state index contributed by atoms with van der Waals surface area (Å²) in [5.41, 5.74) is 5.38. The number of carbonyl (C=O) groups is 1. The molecule has 2 aromatic heterocycles. The number of Topliss-reactive ketones (excluding diaryl/α,β-unsaturated/α-hetero) is 1. The van der Waals surface area contributed by atoms with Crippen molar-refractivity contribution in [3.05, 3.63) is 82.9 Å². The smallest absolute Gasteiger partial charge is 0.210 e. The number of halogens is 1. The number of nitrogens with zero attached hydrogens (tertiary/aromatic N) is 3. The second-order valence-electron chi connectivity index (χ2n) is 7.12. The third-order valence-electron chi connectivity index (χ3n) is 4.94. The standard InChI is InChI=1S/C23H21FN4OS2/c1-14-6-4-5-7-20(14)25-22-26-27-23(31-22)30-13-21(29)19-12-15(2)28(16(19)3)18-10-8-17(24)9-11-18/h4-12H,13H2,1-3H3,(H,25,26). The number of ketones is 1. The zero-order chi connectivity index (χ0) is 22.0. The molecular formula is C23H21FN4OS2. The summed E-state index contributed by atoms with van der Waals surface area (Å²) in [5.74, 6) is 0.00881. The third-order valence-corrected chi connectivity index (χ3v) is 6.91. The minimum atomic E-state index is -0.285. The Bertz CT molecular complexity index is 1230. The summed E-state index contributed by atoms with van der Waals surface area (Å²) in [7, 11) is 0. The molecule has 0 fully saturated rings. The summed E-state index contributed by atoms with van der Waals surface area (Å²) in [6.45, 7) is 5.87. The van der Waals surface area contributed by atoms with E-state index in [9.17, 15) is 9.18 Å². The van der Waals surface area contributed by atoms with Crippen molar-refractivity contribution in [3.63, 3.8) is 0 Å². The third kappa shape index (κ3) is 4.70. The van der Waals surface area contributed by atoms with E-state index in [1.54, 1.807) is 12.1 Å². The average molecular weight is 453 g/mol. The van der Waals surface area contributed by atoms with E-state index in [1.807, 2.05) is 55.7 Å². The summed E-state index contributed by atoms with van der Waals surface area (Å²) in [6, 6.07) is 16.1. The predicted molar refractivity (Wildman–Crippen MR) is 125 cm³/mol. The number of hydrogen-bond acceptors (Lipinski definition) is 6. The zero-order valence-corrected chi connectivity index (χ0v) is 19.0. The minimum absolute atomic E-state index is 0.0232. The molecule has 0 aliphatic carbocycles. The van der Waals surface area contributed by atoms with Gasteiger partial charge in [0, 0.05) is 28.3 Å². The molecule has 0 amide bonds. The zero-order valence-electron chi connectivity index (χ0n) is 17.3. The molecule has 1 N–H and O–H groups in total. The van der Waals surface area contributed by atoms with E-state index < -0.39 is 0 Å². The quantitative estimate of drug-likeness (QED) is 0.271. The maximum Gasteiger partial charge on any atom is 0.210 e. The van der Waals surface area contributed by atoms with Gasteiger partial charge >= 0.3 is 0 Å². The molecule has 8 heteroatoms. The van der Waals surface area contributed by atoms with E-state index in [1.165, 1.54) is 35.2 Å². The van der Waals surface area contributed by atoms with Crippen LogP contribution in [0.5, 0.6) is 0 Å². The highest BCUT2D eigenvalue weighted by atomic mass is 32.2. The second kappa shape index (κ2) is 9.03. The van der Waals surface area contributed by atoms with Crippen LogP contribution < -0.4 is 5.32 Å². The highest BCUT2D eigenvalue weighted by molar-refractivity contribution is 8.01. The van der Waals surface area contributed by atoms with E-state index in [0.717, 1.165) is 32.7 Å². The number of anilines is 2. The molecule has 0 aliphatic heterocycles. The molecule has 2 aromatic carbocycles. The van der Waals surface area contributed by atoms with E-state index in [4.69, 9.17) is 0 Å². The van der Waals surface area contributed by atoms with Crippen LogP contribution in [0.15, 0.2) is 58.9 Å². The first-order chi connectivity index (χ1) is 14.9. The molecule has 4 aromatic rings. The number of aryl methyl sites for hydroxylation is 2. The first-order valence-corrected chi connectivity index (χ1v) is 11.5. The Morgan fingerprint density at radius 2 is 1.84 bits per heavy atom. The molecule has 158 valence electrons. The molecule has 31 heavy (non-hydrogen) atoms. The Balaban J connectivity index is 1.44. The Hall–Kier alpha value is -2.97. The number of para-hydroxylation sites is 1. The average Bonchev–Trinajstić information content (AvgIpc) is 3.32. The lowest BCUT2D eigenvalue weighted by molar-refractivity contribution is 0.102. The van der Waals surface area contributed by atoms with Crippen LogP contribution in [0.1, 0.15) is 27.3 Å². The largest absolute Gasteiger partial charge is 0.330 e. The molecule has 4 rings (SSSR count). The van der Waals surface area contributed by atoms with Gasteiger partial charge in [-0.1, -0.05) is 41.3 Å². The maximum atomic E-state index is 13.3. The lowest BCUT2D eigenvalue weighted by Crippen LogP contribution is -2.05. The van der Waals surface area contributed by atoms with E-state index in [0.29, 0.717) is 10.7 Å². The first kappa shape index (κ1) is 21.3. The van der Waals surface area contributed by atoms with Crippen LogP contribution in [0.4, 0.5) is 15.2 Å². The van der Waals surface area contributed by atoms with Gasteiger partial charge in [0.05, 0.1) is 5.75 Å². The summed E-state index contributed by atoms with van der Waals surface area (Å²) < 4.78 is 16.0. The van der Waals surface area contributed by atoms with E-state index in [-0.39, 0.29) is 17.4 Å². The Kier molecular flexibility index (Phi) is 6.20. The molecule has 0 unspecified atom stereocenters. The van der Waals surface area contributed by atoms with Crippen molar-refractivity contribution in [3.8, 4) is 5.69 Å². The van der Waals surface area contributed by atoms with Gasteiger partial charge in [-0.2, -0.15) is 0 Å². The van der Waals surface area contributed by atoms with Crippen molar-refractivity contribution in [1.82, 2.24) is 14.8 Å². The number of carbonyl (C=O) groups excluding carboxylic acids is 1. The van der Waals surface area contributed by atoms with Crippen LogP contribution in [-0.2, 0) is 0 Å². The molecule has 5 nitrogen and oxygen atoms in total. The summed E-state index contributed by atoms with van der Waals surface area (Å²) in [6.07, 6.45) is 0. The predicted octanol–water partition coefficient (Wildman–Crippen LogP) is 6.11. The van der Waals surface area contributed by atoms with Crippen LogP contribution in [-0.4, -0.2) is 26.3 Å². The van der Waals surface area contributed by atoms with Gasteiger partial charge in [-0.15, -0.1) is 10.2 Å². The van der Waals surface area contributed by atoms with Crippen LogP contribution in [0, 0.1) is 26.6 Å². The van der Waals surface area contributed by atoms with Gasteiger partial charge in [-0.25, -0.2) is 4.39 Å². The summed E-state index contributed by atoms with van der Waals surface area (Å²) >= 11 is 2.80. The lowest BCUT2D eigenvalue weighted by atomic mass is 10.2. The molecular weight excluding hydrogens is 431 g/mol. The molecule has 0 aliphatic rings. The first-order valence-electron chi connectivity index (χ1n) is 9.69. The molecule has 0 bridgehead atoms. The number of benzene rings is 2. The molecule has 0 saturated heterocycles. The minimum Gasteiger partial charge on any atom is -0.330 e. The van der Waals surface area contributed by atoms with Crippen LogP contribution in [0.25, 0.3) is 5.69 Å². The van der Waals surface area contributed by atoms with Crippen molar-refractivity contribution < 1.29 is 9.18 Å². The van der Waals surface area contributed by atoms with Gasteiger partial charge < -0.3 is 9.88 Å². The maximum absolute atomic E-state index is 13.3. The molecule has 0 radical (unpaired) electrons. The molecule has 2 heterocycles. The normalized spacial score (nSPS) is 11.0. The van der Waals surface area contributed by atoms with Crippen molar-refractivity contribution in [2.45, 2.75) is 25.1 Å².